The monoisotopic (exact) mass is 267 g/mol. The molecule has 0 atom stereocenters. The van der Waals surface area contributed by atoms with Crippen LogP contribution in [0.5, 0.6) is 0 Å². The van der Waals surface area contributed by atoms with Crippen LogP contribution in [0.1, 0.15) is 22.8 Å². The number of hydrogen-bond donors (Lipinski definition) is 1. The molecule has 3 rings (SSSR count). The second-order valence-corrected chi connectivity index (χ2v) is 4.56. The topological polar surface area (TPSA) is 63.3 Å². The third-order valence-corrected chi connectivity index (χ3v) is 3.24. The van der Waals surface area contributed by atoms with Crippen molar-refractivity contribution in [3.63, 3.8) is 0 Å². The second-order valence-electron chi connectivity index (χ2n) is 4.56. The maximum atomic E-state index is 10.9. The lowest BCUT2D eigenvalue weighted by Gasteiger charge is -1.97. The Balaban J connectivity index is 2.05. The van der Waals surface area contributed by atoms with Gasteiger partial charge in [0.2, 0.25) is 5.89 Å². The van der Waals surface area contributed by atoms with Crippen LogP contribution in [0, 0.1) is 0 Å². The number of fused-ring (bicyclic) bond motifs is 1. The maximum absolute atomic E-state index is 10.9. The van der Waals surface area contributed by atoms with E-state index in [0.717, 1.165) is 12.0 Å². The minimum absolute atomic E-state index is 0.207. The van der Waals surface area contributed by atoms with Gasteiger partial charge in [0.1, 0.15) is 5.52 Å². The number of nitrogens with zero attached hydrogens (tertiary/aromatic N) is 1. The van der Waals surface area contributed by atoms with E-state index in [9.17, 15) is 4.79 Å². The summed E-state index contributed by atoms with van der Waals surface area (Å²) in [7, 11) is 0. The molecule has 2 aromatic carbocycles. The summed E-state index contributed by atoms with van der Waals surface area (Å²) in [4.78, 5) is 15.3. The van der Waals surface area contributed by atoms with Crippen LogP contribution >= 0.6 is 0 Å². The van der Waals surface area contributed by atoms with Gasteiger partial charge in [0, 0.05) is 5.56 Å². The van der Waals surface area contributed by atoms with E-state index in [2.05, 4.69) is 11.9 Å². The van der Waals surface area contributed by atoms with Gasteiger partial charge in [-0.2, -0.15) is 0 Å². The molecule has 1 N–H and O–H groups in total. The predicted octanol–water partition coefficient (Wildman–Crippen LogP) is 3.76. The highest BCUT2D eigenvalue weighted by atomic mass is 16.4. The summed E-state index contributed by atoms with van der Waals surface area (Å²) in [5, 5.41) is 8.97. The van der Waals surface area contributed by atoms with E-state index in [1.165, 1.54) is 17.7 Å². The first-order valence-electron chi connectivity index (χ1n) is 6.40. The van der Waals surface area contributed by atoms with Gasteiger partial charge in [0.05, 0.1) is 5.56 Å². The third kappa shape index (κ3) is 2.16. The molecule has 0 saturated heterocycles. The molecule has 20 heavy (non-hydrogen) atoms. The van der Waals surface area contributed by atoms with Gasteiger partial charge in [0.15, 0.2) is 5.58 Å². The zero-order valence-electron chi connectivity index (χ0n) is 11.0. The van der Waals surface area contributed by atoms with E-state index in [1.54, 1.807) is 6.07 Å². The average Bonchev–Trinajstić information content (AvgIpc) is 2.90. The summed E-state index contributed by atoms with van der Waals surface area (Å²) in [6.45, 7) is 2.10. The Labute approximate surface area is 115 Å². The van der Waals surface area contributed by atoms with Crippen LogP contribution in [-0.2, 0) is 6.42 Å². The van der Waals surface area contributed by atoms with Gasteiger partial charge in [-0.3, -0.25) is 0 Å². The highest BCUT2D eigenvalue weighted by Crippen LogP contribution is 2.25. The first kappa shape index (κ1) is 12.4. The Morgan fingerprint density at radius 2 is 1.95 bits per heavy atom. The molecule has 0 radical (unpaired) electrons. The van der Waals surface area contributed by atoms with Crippen LogP contribution in [0.4, 0.5) is 0 Å². The highest BCUT2D eigenvalue weighted by molar-refractivity contribution is 5.92. The fourth-order valence-corrected chi connectivity index (χ4v) is 2.07. The van der Waals surface area contributed by atoms with Crippen molar-refractivity contribution in [2.24, 2.45) is 0 Å². The van der Waals surface area contributed by atoms with Crippen molar-refractivity contribution in [1.82, 2.24) is 4.98 Å². The number of benzene rings is 2. The minimum atomic E-state index is -0.969. The number of aryl methyl sites for hydroxylation is 1. The van der Waals surface area contributed by atoms with Crippen LogP contribution in [0.15, 0.2) is 46.9 Å². The number of rotatable bonds is 3. The summed E-state index contributed by atoms with van der Waals surface area (Å²) in [5.41, 5.74) is 3.48. The van der Waals surface area contributed by atoms with Crippen molar-refractivity contribution < 1.29 is 14.3 Å². The summed E-state index contributed by atoms with van der Waals surface area (Å²) in [5.74, 6) is -0.464. The first-order chi connectivity index (χ1) is 9.67. The van der Waals surface area contributed by atoms with Crippen LogP contribution < -0.4 is 0 Å². The number of carbonyl (C=O) groups is 1. The number of carboxylic acid groups (broad SMARTS) is 1. The molecular weight excluding hydrogens is 254 g/mol. The number of hydrogen-bond acceptors (Lipinski definition) is 3. The van der Waals surface area contributed by atoms with E-state index in [0.29, 0.717) is 17.0 Å². The molecule has 4 heteroatoms. The Bertz CT molecular complexity index is 772. The Hall–Kier alpha value is -2.62. The van der Waals surface area contributed by atoms with Gasteiger partial charge < -0.3 is 9.52 Å². The van der Waals surface area contributed by atoms with Gasteiger partial charge in [-0.1, -0.05) is 19.1 Å². The van der Waals surface area contributed by atoms with Crippen molar-refractivity contribution in [3.8, 4) is 11.5 Å². The second kappa shape index (κ2) is 4.81. The Morgan fingerprint density at radius 3 is 2.60 bits per heavy atom. The molecule has 0 fully saturated rings. The van der Waals surface area contributed by atoms with Crippen molar-refractivity contribution in [2.45, 2.75) is 13.3 Å². The number of carboxylic acids is 1. The molecule has 0 aliphatic rings. The molecule has 4 nitrogen and oxygen atoms in total. The van der Waals surface area contributed by atoms with Gasteiger partial charge >= 0.3 is 5.97 Å². The number of aromatic carboxylic acids is 1. The van der Waals surface area contributed by atoms with Crippen LogP contribution in [0.2, 0.25) is 0 Å². The van der Waals surface area contributed by atoms with Crippen LogP contribution in [0.25, 0.3) is 22.6 Å². The van der Waals surface area contributed by atoms with E-state index in [1.807, 2.05) is 24.3 Å². The molecule has 0 unspecified atom stereocenters. The molecule has 0 aliphatic carbocycles. The fourth-order valence-electron chi connectivity index (χ4n) is 2.07. The molecule has 1 aromatic heterocycles. The lowest BCUT2D eigenvalue weighted by atomic mass is 10.1. The first-order valence-corrected chi connectivity index (χ1v) is 6.40. The molecule has 0 bridgehead atoms. The minimum Gasteiger partial charge on any atom is -0.478 e. The predicted molar refractivity (Wildman–Crippen MR) is 75.8 cm³/mol. The zero-order chi connectivity index (χ0) is 14.1. The summed E-state index contributed by atoms with van der Waals surface area (Å²) in [6.07, 6.45) is 0.982. The van der Waals surface area contributed by atoms with E-state index in [4.69, 9.17) is 9.52 Å². The number of oxazole rings is 1. The Kier molecular flexibility index (Phi) is 2.99. The van der Waals surface area contributed by atoms with E-state index in [-0.39, 0.29) is 5.56 Å². The van der Waals surface area contributed by atoms with Crippen molar-refractivity contribution in [1.29, 1.82) is 0 Å². The fraction of sp³-hybridized carbons (Fsp3) is 0.125. The lowest BCUT2D eigenvalue weighted by molar-refractivity contribution is 0.0697. The quantitative estimate of drug-likeness (QED) is 0.784. The van der Waals surface area contributed by atoms with Gasteiger partial charge in [-0.25, -0.2) is 9.78 Å². The molecule has 0 aliphatic heterocycles. The van der Waals surface area contributed by atoms with Gasteiger partial charge in [-0.05, 0) is 42.3 Å². The Morgan fingerprint density at radius 1 is 1.20 bits per heavy atom. The van der Waals surface area contributed by atoms with Crippen molar-refractivity contribution >= 4 is 17.1 Å². The standard InChI is InChI=1S/C16H13NO3/c1-2-10-3-5-11(6-4-10)15-17-13-9-12(16(18)19)7-8-14(13)20-15/h3-9H,2H2,1H3,(H,18,19). The normalized spacial score (nSPS) is 10.8. The third-order valence-electron chi connectivity index (χ3n) is 3.24. The molecule has 100 valence electrons. The lowest BCUT2D eigenvalue weighted by Crippen LogP contribution is -1.94. The SMILES string of the molecule is CCc1ccc(-c2nc3cc(C(=O)O)ccc3o2)cc1. The molecule has 3 aromatic rings. The smallest absolute Gasteiger partial charge is 0.335 e. The number of aromatic nitrogens is 1. The highest BCUT2D eigenvalue weighted by Gasteiger charge is 2.11. The molecular formula is C16H13NO3. The van der Waals surface area contributed by atoms with E-state index < -0.39 is 5.97 Å². The largest absolute Gasteiger partial charge is 0.478 e. The van der Waals surface area contributed by atoms with Crippen LogP contribution in [-0.4, -0.2) is 16.1 Å². The molecule has 1 heterocycles. The summed E-state index contributed by atoms with van der Waals surface area (Å²) >= 11 is 0. The van der Waals surface area contributed by atoms with Crippen LogP contribution in [0.3, 0.4) is 0 Å². The summed E-state index contributed by atoms with van der Waals surface area (Å²) < 4.78 is 5.66. The van der Waals surface area contributed by atoms with Crippen molar-refractivity contribution in [3.05, 3.63) is 53.6 Å². The molecule has 0 saturated carbocycles. The molecule has 0 spiro atoms. The average molecular weight is 267 g/mol. The molecule has 0 amide bonds. The zero-order valence-corrected chi connectivity index (χ0v) is 11.0. The van der Waals surface area contributed by atoms with E-state index >= 15 is 0 Å². The van der Waals surface area contributed by atoms with Gasteiger partial charge in [-0.15, -0.1) is 0 Å². The maximum Gasteiger partial charge on any atom is 0.335 e. The van der Waals surface area contributed by atoms with Crippen molar-refractivity contribution in [2.75, 3.05) is 0 Å². The van der Waals surface area contributed by atoms with Gasteiger partial charge in [0.25, 0.3) is 0 Å². The summed E-state index contributed by atoms with van der Waals surface area (Å²) in [6, 6.07) is 12.7.